The number of nitrogens with zero attached hydrogens (tertiary/aromatic N) is 5. The molecule has 0 unspecified atom stereocenters. The number of nitrogen functional groups attached to an aromatic ring is 1. The number of rotatable bonds is 5. The maximum Gasteiger partial charge on any atom is 0.336 e. The molecule has 4 rings (SSSR count). The van der Waals surface area contributed by atoms with Crippen LogP contribution in [0.15, 0.2) is 79.0 Å². The second-order valence-electron chi connectivity index (χ2n) is 7.01. The molecule has 0 aliphatic rings. The van der Waals surface area contributed by atoms with Crippen molar-refractivity contribution in [2.75, 3.05) is 5.73 Å². The summed E-state index contributed by atoms with van der Waals surface area (Å²) in [4.78, 5) is 52.0. The molecule has 0 radical (unpaired) electrons. The normalized spacial score (nSPS) is 9.68. The van der Waals surface area contributed by atoms with E-state index >= 15 is 0 Å². The molecule has 0 saturated carbocycles. The maximum atomic E-state index is 10.8. The Balaban J connectivity index is 0.000000204. The molecule has 1 heterocycles. The fourth-order valence-corrected chi connectivity index (χ4v) is 2.81. The number of carboxylic acids is 1. The van der Waals surface area contributed by atoms with E-state index in [2.05, 4.69) is 4.98 Å². The number of carbonyl (C=O) groups is 1. The molecule has 4 aromatic rings. The highest BCUT2D eigenvalue weighted by molar-refractivity contribution is 6.03. The Kier molecular flexibility index (Phi) is 9.33. The number of nitro benzene ring substituents is 3. The van der Waals surface area contributed by atoms with Gasteiger partial charge in [0.2, 0.25) is 0 Å². The molecule has 194 valence electrons. The Morgan fingerprint density at radius 1 is 0.684 bits per heavy atom. The van der Waals surface area contributed by atoms with E-state index in [-0.39, 0.29) is 11.5 Å². The first kappa shape index (κ1) is 28.2. The SMILES string of the molecule is Nc1ccc([N+](=O)[O-])cn1.O=C(O)c1cccc2ccccc12.O=[N+]([O-])c1cc([N+](=O)[O-])cc([N+](=O)[O-])c1. The van der Waals surface area contributed by atoms with Crippen molar-refractivity contribution in [1.29, 1.82) is 0 Å². The first-order chi connectivity index (χ1) is 17.9. The van der Waals surface area contributed by atoms with Gasteiger partial charge < -0.3 is 10.8 Å². The van der Waals surface area contributed by atoms with Gasteiger partial charge in [0, 0.05) is 6.07 Å². The van der Waals surface area contributed by atoms with Crippen LogP contribution in [0.25, 0.3) is 10.8 Å². The fourth-order valence-electron chi connectivity index (χ4n) is 2.81. The van der Waals surface area contributed by atoms with Crippen molar-refractivity contribution in [2.24, 2.45) is 0 Å². The van der Waals surface area contributed by atoms with Crippen molar-refractivity contribution in [3.63, 3.8) is 0 Å². The molecular weight excluding hydrogens is 508 g/mol. The van der Waals surface area contributed by atoms with Crippen LogP contribution in [0.3, 0.4) is 0 Å². The number of hydrogen-bond donors (Lipinski definition) is 2. The van der Waals surface area contributed by atoms with Crippen LogP contribution in [0.2, 0.25) is 0 Å². The van der Waals surface area contributed by atoms with Crippen LogP contribution >= 0.6 is 0 Å². The number of aromatic nitrogens is 1. The number of nitro groups is 4. The van der Waals surface area contributed by atoms with Gasteiger partial charge in [-0.05, 0) is 22.9 Å². The summed E-state index contributed by atoms with van der Waals surface area (Å²) in [6, 6.07) is 17.4. The van der Waals surface area contributed by atoms with Gasteiger partial charge in [-0.1, -0.05) is 36.4 Å². The van der Waals surface area contributed by atoms with Crippen LogP contribution in [-0.4, -0.2) is 35.8 Å². The van der Waals surface area contributed by atoms with Gasteiger partial charge in [0.05, 0.1) is 43.5 Å². The lowest BCUT2D eigenvalue weighted by Gasteiger charge is -2.00. The first-order valence-corrected chi connectivity index (χ1v) is 10.1. The van der Waals surface area contributed by atoms with E-state index in [1.807, 2.05) is 30.3 Å². The molecule has 0 spiro atoms. The van der Waals surface area contributed by atoms with Crippen molar-refractivity contribution in [1.82, 2.24) is 4.98 Å². The van der Waals surface area contributed by atoms with Crippen LogP contribution in [0, 0.1) is 40.5 Å². The zero-order valence-corrected chi connectivity index (χ0v) is 18.9. The highest BCUT2D eigenvalue weighted by Gasteiger charge is 2.21. The van der Waals surface area contributed by atoms with E-state index in [1.54, 1.807) is 12.1 Å². The predicted octanol–water partition coefficient (Wildman–Crippen LogP) is 4.52. The quantitative estimate of drug-likeness (QED) is 0.270. The minimum atomic E-state index is -0.931. The van der Waals surface area contributed by atoms with E-state index in [0.29, 0.717) is 23.8 Å². The molecule has 16 nitrogen and oxygen atoms in total. The Morgan fingerprint density at radius 3 is 1.58 bits per heavy atom. The number of non-ortho nitro benzene ring substituents is 3. The second kappa shape index (κ2) is 12.6. The van der Waals surface area contributed by atoms with Crippen molar-refractivity contribution in [3.05, 3.63) is 125 Å². The van der Waals surface area contributed by atoms with Gasteiger partial charge in [0.15, 0.2) is 0 Å². The van der Waals surface area contributed by atoms with Gasteiger partial charge in [-0.25, -0.2) is 9.78 Å². The molecular formula is C22H16N6O10. The standard InChI is InChI=1S/C11H8O2.C6H3N3O6.C5H5N3O2/c12-11(13)10-7-3-5-8-4-1-2-6-9(8)10;10-7(11)4-1-5(8(12)13)3-6(2-4)9(14)15;6-5-2-1-4(3-7-5)8(9)10/h1-7H,(H,12,13);1-3H;1-3H,(H2,6,7). The van der Waals surface area contributed by atoms with E-state index in [4.69, 9.17) is 10.8 Å². The molecule has 0 fully saturated rings. The van der Waals surface area contributed by atoms with Crippen molar-refractivity contribution in [2.45, 2.75) is 0 Å². The third-order valence-electron chi connectivity index (χ3n) is 4.52. The Labute approximate surface area is 211 Å². The van der Waals surface area contributed by atoms with Gasteiger partial charge >= 0.3 is 5.97 Å². The number of hydrogen-bond acceptors (Lipinski definition) is 11. The lowest BCUT2D eigenvalue weighted by atomic mass is 10.1. The monoisotopic (exact) mass is 524 g/mol. The van der Waals surface area contributed by atoms with Crippen molar-refractivity contribution >= 4 is 45.3 Å². The third kappa shape index (κ3) is 7.73. The number of carboxylic acid groups (broad SMARTS) is 1. The Hall–Kier alpha value is -6.06. The summed E-state index contributed by atoms with van der Waals surface area (Å²) in [6.45, 7) is 0. The maximum absolute atomic E-state index is 10.8. The van der Waals surface area contributed by atoms with Gasteiger partial charge in [-0.15, -0.1) is 0 Å². The predicted molar refractivity (Wildman–Crippen MR) is 133 cm³/mol. The van der Waals surface area contributed by atoms with E-state index in [1.165, 1.54) is 12.1 Å². The van der Waals surface area contributed by atoms with Crippen LogP contribution < -0.4 is 5.73 Å². The molecule has 0 aliphatic carbocycles. The average molecular weight is 524 g/mol. The number of nitrogens with two attached hydrogens (primary N) is 1. The van der Waals surface area contributed by atoms with E-state index in [0.717, 1.165) is 17.0 Å². The van der Waals surface area contributed by atoms with Gasteiger partial charge in [-0.3, -0.25) is 40.5 Å². The molecule has 16 heteroatoms. The number of benzene rings is 3. The summed E-state index contributed by atoms with van der Waals surface area (Å²) in [5.74, 6) is -0.595. The van der Waals surface area contributed by atoms with Gasteiger partial charge in [-0.2, -0.15) is 0 Å². The summed E-state index contributed by atoms with van der Waals surface area (Å²) in [6.07, 6.45) is 1.12. The van der Waals surface area contributed by atoms with E-state index in [9.17, 15) is 45.3 Å². The summed E-state index contributed by atoms with van der Waals surface area (Å²) >= 11 is 0. The van der Waals surface area contributed by atoms with Crippen LogP contribution in [0.5, 0.6) is 0 Å². The smallest absolute Gasteiger partial charge is 0.336 e. The molecule has 0 atom stereocenters. The summed E-state index contributed by atoms with van der Waals surface area (Å²) < 4.78 is 0. The number of aromatic carboxylic acids is 1. The fraction of sp³-hybridized carbons (Fsp3) is 0. The molecule has 3 aromatic carbocycles. The number of pyridine rings is 1. The molecule has 3 N–H and O–H groups in total. The molecule has 1 aromatic heterocycles. The number of anilines is 1. The highest BCUT2D eigenvalue weighted by atomic mass is 16.6. The average Bonchev–Trinajstić information content (AvgIpc) is 2.89. The van der Waals surface area contributed by atoms with Crippen LogP contribution in [0.4, 0.5) is 28.6 Å². The summed E-state index contributed by atoms with van der Waals surface area (Å²) in [5, 5.41) is 51.6. The topological polar surface area (TPSA) is 249 Å². The largest absolute Gasteiger partial charge is 0.478 e. The van der Waals surface area contributed by atoms with Gasteiger partial charge in [0.25, 0.3) is 22.7 Å². The number of fused-ring (bicyclic) bond motifs is 1. The Morgan fingerprint density at radius 2 is 1.16 bits per heavy atom. The van der Waals surface area contributed by atoms with Crippen molar-refractivity contribution in [3.8, 4) is 0 Å². The van der Waals surface area contributed by atoms with Crippen LogP contribution in [-0.2, 0) is 0 Å². The molecule has 0 amide bonds. The zero-order valence-electron chi connectivity index (χ0n) is 18.9. The van der Waals surface area contributed by atoms with E-state index < -0.39 is 42.7 Å². The van der Waals surface area contributed by atoms with Crippen molar-refractivity contribution < 1.29 is 29.6 Å². The highest BCUT2D eigenvalue weighted by Crippen LogP contribution is 2.26. The van der Waals surface area contributed by atoms with Gasteiger partial charge in [0.1, 0.15) is 12.0 Å². The molecule has 38 heavy (non-hydrogen) atoms. The lowest BCUT2D eigenvalue weighted by molar-refractivity contribution is -0.403. The Bertz CT molecular complexity index is 1440. The molecule has 0 aliphatic heterocycles. The lowest BCUT2D eigenvalue weighted by Crippen LogP contribution is -1.96. The first-order valence-electron chi connectivity index (χ1n) is 10.1. The zero-order chi connectivity index (χ0) is 28.4. The molecule has 0 saturated heterocycles. The van der Waals surface area contributed by atoms with Crippen LogP contribution in [0.1, 0.15) is 10.4 Å². The summed E-state index contributed by atoms with van der Waals surface area (Å²) in [5.41, 5.74) is 3.45. The molecule has 0 bridgehead atoms. The second-order valence-corrected chi connectivity index (χ2v) is 7.01. The third-order valence-corrected chi connectivity index (χ3v) is 4.52. The minimum absolute atomic E-state index is 0.0470. The summed E-state index contributed by atoms with van der Waals surface area (Å²) in [7, 11) is 0. The minimum Gasteiger partial charge on any atom is -0.478 e.